The van der Waals surface area contributed by atoms with E-state index in [-0.39, 0.29) is 11.6 Å². The normalized spacial score (nSPS) is 17.2. The van der Waals surface area contributed by atoms with E-state index in [1.807, 2.05) is 47.1 Å². The average Bonchev–Trinajstić information content (AvgIpc) is 3.35. The lowest BCUT2D eigenvalue weighted by molar-refractivity contribution is 0.399. The standard InChI is InChI=1S/C30H33FN6/c1-2-3-4-5-6-8-22-10-14-24(15-11-22)34-28-18-19-29-33-21-27(37(29)36-28)23-12-16-25(17-13-23)35-30-26(31)9-7-20-32-30/h7,9,12-13,16-22,24H,2-5,10-11,14-15H2,1H3,(H,32,35)(H,34,36). The molecule has 1 aliphatic rings. The number of unbranched alkanes of at least 4 members (excludes halogenated alkanes) is 3. The van der Waals surface area contributed by atoms with Crippen LogP contribution in [0.1, 0.15) is 58.3 Å². The van der Waals surface area contributed by atoms with Crippen molar-refractivity contribution in [2.45, 2.75) is 64.3 Å². The fraction of sp³-hybridized carbons (Fsp3) is 0.367. The first-order valence-corrected chi connectivity index (χ1v) is 13.3. The molecule has 0 atom stereocenters. The van der Waals surface area contributed by atoms with Crippen molar-refractivity contribution in [2.24, 2.45) is 5.92 Å². The molecular formula is C30H33FN6. The molecular weight excluding hydrogens is 463 g/mol. The van der Waals surface area contributed by atoms with Crippen LogP contribution in [0.3, 0.4) is 0 Å². The molecule has 0 spiro atoms. The number of hydrogen-bond donors (Lipinski definition) is 2. The van der Waals surface area contributed by atoms with E-state index in [0.717, 1.165) is 60.5 Å². The van der Waals surface area contributed by atoms with E-state index in [2.05, 4.69) is 39.4 Å². The Labute approximate surface area is 217 Å². The summed E-state index contributed by atoms with van der Waals surface area (Å²) in [5, 5.41) is 11.5. The maximum Gasteiger partial charge on any atom is 0.166 e. The monoisotopic (exact) mass is 496 g/mol. The van der Waals surface area contributed by atoms with E-state index < -0.39 is 0 Å². The molecule has 3 heterocycles. The molecule has 1 fully saturated rings. The molecule has 0 aliphatic heterocycles. The summed E-state index contributed by atoms with van der Waals surface area (Å²) < 4.78 is 15.8. The molecule has 6 nitrogen and oxygen atoms in total. The molecule has 2 N–H and O–H groups in total. The molecule has 0 saturated heterocycles. The van der Waals surface area contributed by atoms with Crippen LogP contribution in [0.25, 0.3) is 16.9 Å². The van der Waals surface area contributed by atoms with Gasteiger partial charge < -0.3 is 10.6 Å². The highest BCUT2D eigenvalue weighted by molar-refractivity contribution is 5.67. The number of fused-ring (bicyclic) bond motifs is 1. The lowest BCUT2D eigenvalue weighted by Gasteiger charge is -2.26. The van der Waals surface area contributed by atoms with Crippen LogP contribution in [-0.2, 0) is 0 Å². The van der Waals surface area contributed by atoms with Gasteiger partial charge in [-0.1, -0.05) is 37.8 Å². The summed E-state index contributed by atoms with van der Waals surface area (Å²) in [6.07, 6.45) is 12.7. The van der Waals surface area contributed by atoms with Gasteiger partial charge in [-0.15, -0.1) is 11.0 Å². The summed E-state index contributed by atoms with van der Waals surface area (Å²) in [6.45, 7) is 2.23. The highest BCUT2D eigenvalue weighted by atomic mass is 19.1. The second kappa shape index (κ2) is 11.9. The molecule has 3 aromatic heterocycles. The van der Waals surface area contributed by atoms with E-state index in [1.54, 1.807) is 12.3 Å². The Kier molecular flexibility index (Phi) is 7.95. The first-order valence-electron chi connectivity index (χ1n) is 13.3. The van der Waals surface area contributed by atoms with Crippen LogP contribution in [0.15, 0.2) is 60.9 Å². The third-order valence-electron chi connectivity index (χ3n) is 6.85. The summed E-state index contributed by atoms with van der Waals surface area (Å²) in [6, 6.07) is 15.1. The van der Waals surface area contributed by atoms with Crippen LogP contribution in [0, 0.1) is 23.6 Å². The molecule has 0 amide bonds. The van der Waals surface area contributed by atoms with E-state index in [4.69, 9.17) is 5.10 Å². The SMILES string of the molecule is CCCCCC#CC1CCC(Nc2ccc3ncc(-c4ccc(Nc5ncccc5F)cc4)n3n2)CC1. The molecule has 190 valence electrons. The number of aromatic nitrogens is 4. The summed E-state index contributed by atoms with van der Waals surface area (Å²) in [7, 11) is 0. The fourth-order valence-electron chi connectivity index (χ4n) is 4.76. The maximum absolute atomic E-state index is 13.9. The smallest absolute Gasteiger partial charge is 0.166 e. The van der Waals surface area contributed by atoms with E-state index >= 15 is 0 Å². The largest absolute Gasteiger partial charge is 0.366 e. The maximum atomic E-state index is 13.9. The molecule has 37 heavy (non-hydrogen) atoms. The van der Waals surface area contributed by atoms with Crippen molar-refractivity contribution in [3.8, 4) is 23.1 Å². The summed E-state index contributed by atoms with van der Waals surface area (Å²) >= 11 is 0. The molecule has 0 radical (unpaired) electrons. The molecule has 7 heteroatoms. The van der Waals surface area contributed by atoms with Crippen LogP contribution in [0.4, 0.5) is 21.7 Å². The molecule has 0 unspecified atom stereocenters. The van der Waals surface area contributed by atoms with Gasteiger partial charge in [-0.2, -0.15) is 0 Å². The second-order valence-corrected chi connectivity index (χ2v) is 9.64. The number of pyridine rings is 1. The van der Waals surface area contributed by atoms with Crippen molar-refractivity contribution in [3.05, 3.63) is 66.7 Å². The minimum atomic E-state index is -0.388. The minimum Gasteiger partial charge on any atom is -0.366 e. The van der Waals surface area contributed by atoms with Gasteiger partial charge in [-0.05, 0) is 68.5 Å². The number of benzene rings is 1. The van der Waals surface area contributed by atoms with Crippen molar-refractivity contribution >= 4 is 23.0 Å². The van der Waals surface area contributed by atoms with E-state index in [1.165, 1.54) is 25.3 Å². The Bertz CT molecular complexity index is 1380. The lowest BCUT2D eigenvalue weighted by Crippen LogP contribution is -2.26. The van der Waals surface area contributed by atoms with Crippen LogP contribution >= 0.6 is 0 Å². The third-order valence-corrected chi connectivity index (χ3v) is 6.85. The van der Waals surface area contributed by atoms with Crippen molar-refractivity contribution in [3.63, 3.8) is 0 Å². The fourth-order valence-corrected chi connectivity index (χ4v) is 4.76. The van der Waals surface area contributed by atoms with Gasteiger partial charge in [0, 0.05) is 35.8 Å². The first kappa shape index (κ1) is 24.8. The van der Waals surface area contributed by atoms with Crippen molar-refractivity contribution in [1.29, 1.82) is 0 Å². The molecule has 1 saturated carbocycles. The van der Waals surface area contributed by atoms with E-state index in [0.29, 0.717) is 12.0 Å². The lowest BCUT2D eigenvalue weighted by atomic mass is 9.86. The van der Waals surface area contributed by atoms with Gasteiger partial charge in [-0.3, -0.25) is 0 Å². The number of halogens is 1. The molecule has 1 aliphatic carbocycles. The first-order chi connectivity index (χ1) is 18.2. The van der Waals surface area contributed by atoms with Crippen molar-refractivity contribution in [1.82, 2.24) is 19.6 Å². The topological polar surface area (TPSA) is 67.1 Å². The Hall–Kier alpha value is -3.92. The highest BCUT2D eigenvalue weighted by Gasteiger charge is 2.20. The number of hydrogen-bond acceptors (Lipinski definition) is 5. The zero-order valence-corrected chi connectivity index (χ0v) is 21.3. The van der Waals surface area contributed by atoms with Gasteiger partial charge in [0.25, 0.3) is 0 Å². The molecule has 1 aromatic carbocycles. The molecule has 4 aromatic rings. The van der Waals surface area contributed by atoms with Crippen molar-refractivity contribution < 1.29 is 4.39 Å². The van der Waals surface area contributed by atoms with Crippen LogP contribution in [-0.4, -0.2) is 25.6 Å². The zero-order valence-electron chi connectivity index (χ0n) is 21.3. The van der Waals surface area contributed by atoms with Gasteiger partial charge in [0.05, 0.1) is 11.9 Å². The Balaban J connectivity index is 1.22. The molecule has 0 bridgehead atoms. The number of nitrogens with one attached hydrogen (secondary N) is 2. The predicted molar refractivity (Wildman–Crippen MR) is 147 cm³/mol. The number of nitrogens with zero attached hydrogens (tertiary/aromatic N) is 4. The van der Waals surface area contributed by atoms with E-state index in [9.17, 15) is 4.39 Å². The predicted octanol–water partition coefficient (Wildman–Crippen LogP) is 7.23. The Morgan fingerprint density at radius 2 is 1.84 bits per heavy atom. The summed E-state index contributed by atoms with van der Waals surface area (Å²) in [5.74, 6) is 8.09. The summed E-state index contributed by atoms with van der Waals surface area (Å²) in [5.41, 5.74) is 3.42. The van der Waals surface area contributed by atoms with Gasteiger partial charge in [0.1, 0.15) is 5.82 Å². The summed E-state index contributed by atoms with van der Waals surface area (Å²) in [4.78, 5) is 8.57. The van der Waals surface area contributed by atoms with Gasteiger partial charge in [0.2, 0.25) is 0 Å². The van der Waals surface area contributed by atoms with Gasteiger partial charge in [-0.25, -0.2) is 18.9 Å². The Morgan fingerprint density at radius 1 is 1.00 bits per heavy atom. The second-order valence-electron chi connectivity index (χ2n) is 9.64. The van der Waals surface area contributed by atoms with Crippen LogP contribution < -0.4 is 10.6 Å². The minimum absolute atomic E-state index is 0.204. The number of imidazole rings is 1. The average molecular weight is 497 g/mol. The van der Waals surface area contributed by atoms with Gasteiger partial charge in [0.15, 0.2) is 17.3 Å². The third kappa shape index (κ3) is 6.26. The van der Waals surface area contributed by atoms with Crippen LogP contribution in [0.5, 0.6) is 0 Å². The molecule has 5 rings (SSSR count). The van der Waals surface area contributed by atoms with Crippen molar-refractivity contribution in [2.75, 3.05) is 10.6 Å². The highest BCUT2D eigenvalue weighted by Crippen LogP contribution is 2.27. The quantitative estimate of drug-likeness (QED) is 0.199. The number of rotatable bonds is 8. The Morgan fingerprint density at radius 3 is 2.62 bits per heavy atom. The van der Waals surface area contributed by atoms with Crippen LogP contribution in [0.2, 0.25) is 0 Å². The number of anilines is 3. The van der Waals surface area contributed by atoms with Gasteiger partial charge >= 0.3 is 0 Å². The zero-order chi connectivity index (χ0) is 25.5.